The fraction of sp³-hybridized carbons (Fsp3) is 0.222. The smallest absolute Gasteiger partial charge is 0.341 e. The molecule has 0 aliphatic heterocycles. The monoisotopic (exact) mass is 220 g/mol. The van der Waals surface area contributed by atoms with Crippen LogP contribution in [-0.4, -0.2) is 13.1 Å². The number of ether oxygens (including phenoxy) is 1. The van der Waals surface area contributed by atoms with Crippen molar-refractivity contribution in [3.63, 3.8) is 0 Å². The van der Waals surface area contributed by atoms with Crippen LogP contribution in [0.4, 0.5) is 8.78 Å². The molecule has 0 unspecified atom stereocenters. The first kappa shape index (κ1) is 10.9. The molecule has 1 rings (SSSR count). The molecular weight excluding hydrogens is 214 g/mol. The summed E-state index contributed by atoms with van der Waals surface area (Å²) in [6, 6.07) is 2.16. The highest BCUT2D eigenvalue weighted by Crippen LogP contribution is 2.19. The Balaban J connectivity index is 3.35. The van der Waals surface area contributed by atoms with E-state index in [4.69, 9.17) is 11.6 Å². The van der Waals surface area contributed by atoms with Crippen LogP contribution in [0.3, 0.4) is 0 Å². The van der Waals surface area contributed by atoms with E-state index < -0.39 is 23.2 Å². The Morgan fingerprint density at radius 2 is 2.14 bits per heavy atom. The number of benzene rings is 1. The third-order valence-electron chi connectivity index (χ3n) is 1.71. The van der Waals surface area contributed by atoms with Gasteiger partial charge in [-0.3, -0.25) is 0 Å². The molecule has 0 aliphatic rings. The van der Waals surface area contributed by atoms with Gasteiger partial charge in [0, 0.05) is 5.88 Å². The third-order valence-corrected chi connectivity index (χ3v) is 2.00. The van der Waals surface area contributed by atoms with Crippen molar-refractivity contribution in [2.75, 3.05) is 7.11 Å². The van der Waals surface area contributed by atoms with Gasteiger partial charge in [0.25, 0.3) is 0 Å². The Hall–Kier alpha value is -1.16. The summed E-state index contributed by atoms with van der Waals surface area (Å²) in [6.45, 7) is 0. The maximum absolute atomic E-state index is 13.2. The molecule has 0 heterocycles. The van der Waals surface area contributed by atoms with Crippen molar-refractivity contribution in [3.8, 4) is 0 Å². The highest BCUT2D eigenvalue weighted by molar-refractivity contribution is 6.17. The summed E-state index contributed by atoms with van der Waals surface area (Å²) in [5.41, 5.74) is -0.236. The molecule has 0 aromatic heterocycles. The molecule has 0 bridgehead atoms. The van der Waals surface area contributed by atoms with E-state index in [-0.39, 0.29) is 11.4 Å². The molecule has 0 atom stereocenters. The second-order valence-corrected chi connectivity index (χ2v) is 2.79. The van der Waals surface area contributed by atoms with Crippen LogP contribution in [0.5, 0.6) is 0 Å². The SMILES string of the molecule is COC(=O)c1c(CCl)ccc(F)c1F. The largest absolute Gasteiger partial charge is 0.465 e. The van der Waals surface area contributed by atoms with Crippen LogP contribution in [0.15, 0.2) is 12.1 Å². The van der Waals surface area contributed by atoms with Crippen molar-refractivity contribution in [2.24, 2.45) is 0 Å². The quantitative estimate of drug-likeness (QED) is 0.565. The molecule has 76 valence electrons. The van der Waals surface area contributed by atoms with E-state index in [9.17, 15) is 13.6 Å². The van der Waals surface area contributed by atoms with E-state index in [0.29, 0.717) is 0 Å². The second kappa shape index (κ2) is 4.37. The lowest BCUT2D eigenvalue weighted by Crippen LogP contribution is -2.09. The van der Waals surface area contributed by atoms with Gasteiger partial charge in [-0.05, 0) is 11.6 Å². The normalized spacial score (nSPS) is 10.0. The standard InChI is InChI=1S/C9H7ClF2O2/c1-14-9(13)7-5(4-10)2-3-6(11)8(7)12/h2-3H,4H2,1H3. The lowest BCUT2D eigenvalue weighted by Gasteiger charge is -2.06. The van der Waals surface area contributed by atoms with Gasteiger partial charge in [0.2, 0.25) is 0 Å². The van der Waals surface area contributed by atoms with E-state index in [1.807, 2.05) is 0 Å². The van der Waals surface area contributed by atoms with E-state index in [2.05, 4.69) is 4.74 Å². The van der Waals surface area contributed by atoms with Crippen molar-refractivity contribution in [3.05, 3.63) is 34.9 Å². The van der Waals surface area contributed by atoms with Crippen LogP contribution >= 0.6 is 11.6 Å². The molecule has 0 amide bonds. The van der Waals surface area contributed by atoms with Crippen LogP contribution in [-0.2, 0) is 10.6 Å². The first-order chi connectivity index (χ1) is 6.61. The summed E-state index contributed by atoms with van der Waals surface area (Å²) >= 11 is 5.46. The predicted molar refractivity (Wildman–Crippen MR) is 47.3 cm³/mol. The molecule has 1 aromatic rings. The number of rotatable bonds is 2. The minimum absolute atomic E-state index is 0.0817. The first-order valence-electron chi connectivity index (χ1n) is 3.73. The molecule has 0 saturated carbocycles. The maximum Gasteiger partial charge on any atom is 0.341 e. The molecule has 0 N–H and O–H groups in total. The number of halogens is 3. The van der Waals surface area contributed by atoms with Crippen LogP contribution in [0, 0.1) is 11.6 Å². The lowest BCUT2D eigenvalue weighted by molar-refractivity contribution is 0.0593. The molecule has 0 spiro atoms. The molecule has 0 radical (unpaired) electrons. The van der Waals surface area contributed by atoms with E-state index in [1.165, 1.54) is 6.07 Å². The van der Waals surface area contributed by atoms with Gasteiger partial charge in [-0.15, -0.1) is 11.6 Å². The summed E-state index contributed by atoms with van der Waals surface area (Å²) in [7, 11) is 1.09. The lowest BCUT2D eigenvalue weighted by atomic mass is 10.1. The number of hydrogen-bond acceptors (Lipinski definition) is 2. The Labute approximate surface area is 84.4 Å². The molecule has 5 heteroatoms. The Morgan fingerprint density at radius 3 is 2.64 bits per heavy atom. The van der Waals surface area contributed by atoms with Gasteiger partial charge in [-0.1, -0.05) is 6.07 Å². The van der Waals surface area contributed by atoms with Gasteiger partial charge >= 0.3 is 5.97 Å². The third kappa shape index (κ3) is 1.85. The summed E-state index contributed by atoms with van der Waals surface area (Å²) in [6.07, 6.45) is 0. The minimum Gasteiger partial charge on any atom is -0.465 e. The molecule has 0 aliphatic carbocycles. The number of carbonyl (C=O) groups excluding carboxylic acids is 1. The fourth-order valence-corrected chi connectivity index (χ4v) is 1.25. The number of hydrogen-bond donors (Lipinski definition) is 0. The topological polar surface area (TPSA) is 26.3 Å². The zero-order valence-corrected chi connectivity index (χ0v) is 8.07. The van der Waals surface area contributed by atoms with Gasteiger partial charge in [0.1, 0.15) is 5.56 Å². The molecular formula is C9H7ClF2O2. The van der Waals surface area contributed by atoms with Crippen LogP contribution in [0.1, 0.15) is 15.9 Å². The average Bonchev–Trinajstić information content (AvgIpc) is 2.20. The van der Waals surface area contributed by atoms with Crippen LogP contribution < -0.4 is 0 Å². The number of methoxy groups -OCH3 is 1. The molecule has 0 saturated heterocycles. The Morgan fingerprint density at radius 1 is 1.50 bits per heavy atom. The number of alkyl halides is 1. The molecule has 14 heavy (non-hydrogen) atoms. The maximum atomic E-state index is 13.2. The van der Waals surface area contributed by atoms with Crippen molar-refractivity contribution in [2.45, 2.75) is 5.88 Å². The van der Waals surface area contributed by atoms with Gasteiger partial charge < -0.3 is 4.74 Å². The fourth-order valence-electron chi connectivity index (χ4n) is 1.02. The predicted octanol–water partition coefficient (Wildman–Crippen LogP) is 2.49. The van der Waals surface area contributed by atoms with E-state index in [0.717, 1.165) is 13.2 Å². The molecule has 1 aromatic carbocycles. The molecule has 2 nitrogen and oxygen atoms in total. The zero-order chi connectivity index (χ0) is 10.7. The molecule has 0 fully saturated rings. The summed E-state index contributed by atoms with van der Waals surface area (Å²) in [5.74, 6) is -3.34. The average molecular weight is 221 g/mol. The van der Waals surface area contributed by atoms with Gasteiger partial charge in [0.05, 0.1) is 7.11 Å². The van der Waals surface area contributed by atoms with E-state index >= 15 is 0 Å². The van der Waals surface area contributed by atoms with E-state index in [1.54, 1.807) is 0 Å². The van der Waals surface area contributed by atoms with Crippen molar-refractivity contribution >= 4 is 17.6 Å². The van der Waals surface area contributed by atoms with Crippen molar-refractivity contribution in [1.82, 2.24) is 0 Å². The van der Waals surface area contributed by atoms with Crippen LogP contribution in [0.25, 0.3) is 0 Å². The first-order valence-corrected chi connectivity index (χ1v) is 4.26. The second-order valence-electron chi connectivity index (χ2n) is 2.52. The van der Waals surface area contributed by atoms with Gasteiger partial charge in [0.15, 0.2) is 11.6 Å². The van der Waals surface area contributed by atoms with Crippen molar-refractivity contribution < 1.29 is 18.3 Å². The number of carbonyl (C=O) groups is 1. The van der Waals surface area contributed by atoms with Crippen LogP contribution in [0.2, 0.25) is 0 Å². The highest BCUT2D eigenvalue weighted by Gasteiger charge is 2.20. The Kier molecular flexibility index (Phi) is 3.41. The zero-order valence-electron chi connectivity index (χ0n) is 7.31. The minimum atomic E-state index is -1.23. The summed E-state index contributed by atoms with van der Waals surface area (Å²) < 4.78 is 30.2. The summed E-state index contributed by atoms with van der Waals surface area (Å²) in [4.78, 5) is 11.1. The number of esters is 1. The van der Waals surface area contributed by atoms with Crippen molar-refractivity contribution in [1.29, 1.82) is 0 Å². The van der Waals surface area contributed by atoms with Gasteiger partial charge in [-0.25, -0.2) is 13.6 Å². The highest BCUT2D eigenvalue weighted by atomic mass is 35.5. The summed E-state index contributed by atoms with van der Waals surface area (Å²) in [5, 5.41) is 0. The van der Waals surface area contributed by atoms with Gasteiger partial charge in [-0.2, -0.15) is 0 Å². The Bertz CT molecular complexity index is 366.